The third kappa shape index (κ3) is 5.43. The van der Waals surface area contributed by atoms with Crippen molar-refractivity contribution in [3.8, 4) is 5.75 Å². The van der Waals surface area contributed by atoms with Crippen LogP contribution < -0.4 is 4.74 Å². The summed E-state index contributed by atoms with van der Waals surface area (Å²) in [6, 6.07) is 15.2. The lowest BCUT2D eigenvalue weighted by atomic mass is 9.78. The molecule has 7 heteroatoms. The Kier molecular flexibility index (Phi) is 7.63. The maximum Gasteiger partial charge on any atom is 0.174 e. The maximum atomic E-state index is 13.2. The van der Waals surface area contributed by atoms with Crippen LogP contribution in [0.25, 0.3) is 10.8 Å². The number of aryl methyl sites for hydroxylation is 2. The van der Waals surface area contributed by atoms with Gasteiger partial charge in [0.1, 0.15) is 18.5 Å². The average Bonchev–Trinajstić information content (AvgIpc) is 2.90. The molecule has 1 aliphatic carbocycles. The summed E-state index contributed by atoms with van der Waals surface area (Å²) < 4.78 is 5.81. The van der Waals surface area contributed by atoms with Crippen LogP contribution in [-0.4, -0.2) is 78.5 Å². The van der Waals surface area contributed by atoms with E-state index in [4.69, 9.17) is 16.3 Å². The van der Waals surface area contributed by atoms with Crippen LogP contribution in [0.15, 0.2) is 48.5 Å². The van der Waals surface area contributed by atoms with Gasteiger partial charge in [-0.1, -0.05) is 48.0 Å². The number of ketones is 2. The van der Waals surface area contributed by atoms with Crippen molar-refractivity contribution in [3.05, 3.63) is 75.8 Å². The number of aliphatic hydroxyl groups is 1. The Labute approximate surface area is 222 Å². The summed E-state index contributed by atoms with van der Waals surface area (Å²) in [6.07, 6.45) is -0.0678. The van der Waals surface area contributed by atoms with Crippen LogP contribution in [0.4, 0.5) is 0 Å². The molecule has 2 aliphatic rings. The van der Waals surface area contributed by atoms with Crippen LogP contribution in [0.2, 0.25) is 5.02 Å². The number of carbonyl (C=O) groups is 2. The van der Waals surface area contributed by atoms with E-state index in [2.05, 4.69) is 9.80 Å². The predicted octanol–water partition coefficient (Wildman–Crippen LogP) is 4.55. The number of β-amino-alcohol motifs (C(OH)–C–C–N with tert-alkyl or cyclic N) is 1. The number of benzene rings is 3. The summed E-state index contributed by atoms with van der Waals surface area (Å²) in [4.78, 5) is 30.9. The van der Waals surface area contributed by atoms with Crippen LogP contribution in [0.1, 0.15) is 38.3 Å². The number of ether oxygens (including phenoxy) is 1. The summed E-state index contributed by atoms with van der Waals surface area (Å²) in [5.74, 6) is -0.00385. The lowest BCUT2D eigenvalue weighted by Gasteiger charge is -2.36. The molecule has 3 aromatic carbocycles. The third-order valence-corrected chi connectivity index (χ3v) is 8.18. The molecule has 1 atom stereocenters. The van der Waals surface area contributed by atoms with Crippen molar-refractivity contribution in [3.63, 3.8) is 0 Å². The van der Waals surface area contributed by atoms with Gasteiger partial charge >= 0.3 is 0 Å². The molecule has 1 fully saturated rings. The van der Waals surface area contributed by atoms with Gasteiger partial charge in [-0.3, -0.25) is 14.5 Å². The summed E-state index contributed by atoms with van der Waals surface area (Å²) in [5.41, 5.74) is 3.26. The van der Waals surface area contributed by atoms with E-state index in [9.17, 15) is 14.7 Å². The molecular weight excluding hydrogens is 488 g/mol. The second kappa shape index (κ2) is 10.9. The topological polar surface area (TPSA) is 70.1 Å². The standard InChI is InChI=1S/C30H33ClN2O4/c1-19-15-23(16-20(2)28(19)31)37-18-22(34)17-33-13-11-32(12-14-33)10-9-26-29(35)24-7-3-5-21-6-4-8-25(27(21)24)30(26)36/h3-8,15-16,22,26,34H,9-14,17-18H2,1-2H3. The molecule has 0 aromatic heterocycles. The van der Waals surface area contributed by atoms with Crippen molar-refractivity contribution in [2.75, 3.05) is 45.9 Å². The van der Waals surface area contributed by atoms with Crippen molar-refractivity contribution in [2.45, 2.75) is 26.4 Å². The van der Waals surface area contributed by atoms with Gasteiger partial charge in [-0.2, -0.15) is 0 Å². The van der Waals surface area contributed by atoms with Crippen molar-refractivity contribution >= 4 is 33.9 Å². The molecule has 3 aromatic rings. The van der Waals surface area contributed by atoms with Crippen molar-refractivity contribution in [1.82, 2.24) is 9.80 Å². The quantitative estimate of drug-likeness (QED) is 0.439. The number of piperazine rings is 1. The minimum atomic E-state index is -0.613. The molecule has 0 radical (unpaired) electrons. The Morgan fingerprint density at radius 2 is 1.51 bits per heavy atom. The Morgan fingerprint density at radius 1 is 0.946 bits per heavy atom. The Morgan fingerprint density at radius 3 is 2.11 bits per heavy atom. The molecule has 1 saturated heterocycles. The average molecular weight is 521 g/mol. The van der Waals surface area contributed by atoms with Crippen molar-refractivity contribution < 1.29 is 19.4 Å². The fourth-order valence-electron chi connectivity index (χ4n) is 5.55. The first-order chi connectivity index (χ1) is 17.8. The number of aliphatic hydroxyl groups excluding tert-OH is 1. The monoisotopic (exact) mass is 520 g/mol. The van der Waals surface area contributed by atoms with Gasteiger partial charge in [-0.15, -0.1) is 0 Å². The van der Waals surface area contributed by atoms with Crippen LogP contribution in [0.5, 0.6) is 5.75 Å². The van der Waals surface area contributed by atoms with E-state index < -0.39 is 12.0 Å². The first-order valence-corrected chi connectivity index (χ1v) is 13.3. The molecule has 0 saturated carbocycles. The summed E-state index contributed by atoms with van der Waals surface area (Å²) in [5, 5.41) is 13.0. The Bertz CT molecular complexity index is 1260. The number of carbonyl (C=O) groups excluding carboxylic acids is 2. The summed E-state index contributed by atoms with van der Waals surface area (Å²) in [7, 11) is 0. The highest BCUT2D eigenvalue weighted by atomic mass is 35.5. The highest BCUT2D eigenvalue weighted by Gasteiger charge is 2.35. The summed E-state index contributed by atoms with van der Waals surface area (Å²) >= 11 is 6.22. The molecule has 194 valence electrons. The third-order valence-electron chi connectivity index (χ3n) is 7.59. The van der Waals surface area contributed by atoms with Gasteiger partial charge in [-0.05, 0) is 55.5 Å². The van der Waals surface area contributed by atoms with E-state index in [0.717, 1.165) is 53.1 Å². The van der Waals surface area contributed by atoms with Crippen LogP contribution in [-0.2, 0) is 0 Å². The zero-order valence-electron chi connectivity index (χ0n) is 21.4. The number of halogens is 1. The van der Waals surface area contributed by atoms with E-state index in [1.807, 2.05) is 62.4 Å². The zero-order chi connectivity index (χ0) is 26.1. The molecule has 1 N–H and O–H groups in total. The SMILES string of the molecule is Cc1cc(OCC(O)CN2CCN(CCC3C(=O)c4cccc5cccc(c45)C3=O)CC2)cc(C)c1Cl. The van der Waals surface area contributed by atoms with E-state index >= 15 is 0 Å². The van der Waals surface area contributed by atoms with Gasteiger partial charge in [0.2, 0.25) is 0 Å². The van der Waals surface area contributed by atoms with Gasteiger partial charge in [-0.25, -0.2) is 0 Å². The molecule has 1 heterocycles. The van der Waals surface area contributed by atoms with Gasteiger partial charge in [0.05, 0.1) is 5.92 Å². The lowest BCUT2D eigenvalue weighted by Crippen LogP contribution is -2.49. The molecule has 1 unspecified atom stereocenters. The minimum Gasteiger partial charge on any atom is -0.491 e. The summed E-state index contributed by atoms with van der Waals surface area (Å²) in [6.45, 7) is 8.68. The highest BCUT2D eigenvalue weighted by molar-refractivity contribution is 6.32. The predicted molar refractivity (Wildman–Crippen MR) is 146 cm³/mol. The largest absolute Gasteiger partial charge is 0.491 e. The number of Topliss-reactive ketones (excluding diaryl/α,β-unsaturated/α-hetero) is 2. The number of nitrogens with zero attached hydrogens (tertiary/aromatic N) is 2. The first-order valence-electron chi connectivity index (χ1n) is 12.9. The highest BCUT2D eigenvalue weighted by Crippen LogP contribution is 2.33. The van der Waals surface area contributed by atoms with E-state index in [-0.39, 0.29) is 18.2 Å². The number of hydrogen-bond acceptors (Lipinski definition) is 6. The molecule has 0 amide bonds. The van der Waals surface area contributed by atoms with Crippen LogP contribution in [0, 0.1) is 19.8 Å². The van der Waals surface area contributed by atoms with E-state index in [0.29, 0.717) is 36.4 Å². The smallest absolute Gasteiger partial charge is 0.174 e. The fraction of sp³-hybridized carbons (Fsp3) is 0.400. The van der Waals surface area contributed by atoms with Gasteiger partial charge in [0.25, 0.3) is 0 Å². The van der Waals surface area contributed by atoms with Crippen molar-refractivity contribution in [1.29, 1.82) is 0 Å². The normalized spacial score (nSPS) is 17.9. The van der Waals surface area contributed by atoms with Crippen LogP contribution >= 0.6 is 11.6 Å². The second-order valence-corrected chi connectivity index (χ2v) is 10.6. The molecular formula is C30H33ClN2O4. The van der Waals surface area contributed by atoms with Gasteiger partial charge < -0.3 is 14.7 Å². The molecule has 0 bridgehead atoms. The molecule has 5 rings (SSSR count). The maximum absolute atomic E-state index is 13.2. The van der Waals surface area contributed by atoms with Gasteiger partial charge in [0, 0.05) is 54.3 Å². The first kappa shape index (κ1) is 25.9. The second-order valence-electron chi connectivity index (χ2n) is 10.3. The van der Waals surface area contributed by atoms with E-state index in [1.165, 1.54) is 0 Å². The fourth-order valence-corrected chi connectivity index (χ4v) is 5.66. The molecule has 0 spiro atoms. The molecule has 37 heavy (non-hydrogen) atoms. The lowest BCUT2D eigenvalue weighted by molar-refractivity contribution is 0.0445. The number of rotatable bonds is 8. The Hall–Kier alpha value is -2.77. The van der Waals surface area contributed by atoms with Gasteiger partial charge in [0.15, 0.2) is 11.6 Å². The minimum absolute atomic E-state index is 0.0536. The zero-order valence-corrected chi connectivity index (χ0v) is 22.1. The molecule has 6 nitrogen and oxygen atoms in total. The van der Waals surface area contributed by atoms with Crippen LogP contribution in [0.3, 0.4) is 0 Å². The molecule has 1 aliphatic heterocycles. The van der Waals surface area contributed by atoms with Crippen molar-refractivity contribution in [2.24, 2.45) is 5.92 Å². The number of hydrogen-bond donors (Lipinski definition) is 1. The van der Waals surface area contributed by atoms with E-state index in [1.54, 1.807) is 0 Å². The Balaban J connectivity index is 1.09.